The van der Waals surface area contributed by atoms with E-state index in [0.717, 1.165) is 28.1 Å². The van der Waals surface area contributed by atoms with E-state index in [1.165, 1.54) is 0 Å². The van der Waals surface area contributed by atoms with Gasteiger partial charge < -0.3 is 21.3 Å². The number of thiocarbonyl (C=S) groups is 2. The first kappa shape index (κ1) is 19.1. The van der Waals surface area contributed by atoms with E-state index in [1.54, 1.807) is 0 Å². The molecule has 124 valence electrons. The predicted molar refractivity (Wildman–Crippen MR) is 109 cm³/mol. The lowest BCUT2D eigenvalue weighted by Gasteiger charge is -2.17. The van der Waals surface area contributed by atoms with Gasteiger partial charge in [-0.15, -0.1) is 0 Å². The fourth-order valence-corrected chi connectivity index (χ4v) is 2.07. The zero-order valence-electron chi connectivity index (χ0n) is 13.9. The molecule has 0 radical (unpaired) electrons. The maximum Gasteiger partial charge on any atom is 0.171 e. The molecule has 0 heterocycles. The van der Waals surface area contributed by atoms with Crippen LogP contribution in [0.1, 0.15) is 19.4 Å². The molecule has 0 aromatic heterocycles. The van der Waals surface area contributed by atoms with E-state index in [0.29, 0.717) is 23.3 Å². The van der Waals surface area contributed by atoms with Gasteiger partial charge in [-0.1, -0.05) is 30.4 Å². The number of benzene rings is 1. The van der Waals surface area contributed by atoms with Gasteiger partial charge in [0.25, 0.3) is 0 Å². The molecule has 0 fully saturated rings. The van der Waals surface area contributed by atoms with Crippen molar-refractivity contribution in [2.75, 3.05) is 23.7 Å². The van der Waals surface area contributed by atoms with E-state index in [9.17, 15) is 0 Å². The second-order valence-electron chi connectivity index (χ2n) is 5.51. The van der Waals surface area contributed by atoms with E-state index >= 15 is 0 Å². The Morgan fingerprint density at radius 1 is 0.913 bits per heavy atom. The van der Waals surface area contributed by atoms with Crippen molar-refractivity contribution in [1.82, 2.24) is 10.6 Å². The summed E-state index contributed by atoms with van der Waals surface area (Å²) in [6, 6.07) is 5.89. The standard InChI is InChI=1S/C17H24N4S2/c1-11(2)9-18-16(22)20-14-7-6-8-15(13(14)5)21-17(23)19-10-12(3)4/h6-8H,1,3,9-10H2,2,4-5H3,(H2,18,20,22)(H2,19,21,23). The lowest BCUT2D eigenvalue weighted by atomic mass is 10.1. The van der Waals surface area contributed by atoms with Crippen LogP contribution in [0, 0.1) is 6.92 Å². The molecule has 0 unspecified atom stereocenters. The molecule has 0 bridgehead atoms. The first-order valence-electron chi connectivity index (χ1n) is 7.27. The summed E-state index contributed by atoms with van der Waals surface area (Å²) in [4.78, 5) is 0. The van der Waals surface area contributed by atoms with Gasteiger partial charge in [0.05, 0.1) is 0 Å². The number of rotatable bonds is 6. The van der Waals surface area contributed by atoms with Gasteiger partial charge in [0.1, 0.15) is 0 Å². The first-order valence-corrected chi connectivity index (χ1v) is 8.09. The van der Waals surface area contributed by atoms with E-state index in [1.807, 2.05) is 39.0 Å². The highest BCUT2D eigenvalue weighted by Crippen LogP contribution is 2.23. The molecule has 1 rings (SSSR count). The Balaban J connectivity index is 2.70. The summed E-state index contributed by atoms with van der Waals surface area (Å²) in [6.45, 7) is 14.9. The third-order valence-electron chi connectivity index (χ3n) is 2.93. The maximum absolute atomic E-state index is 5.28. The van der Waals surface area contributed by atoms with Crippen LogP contribution in [0.4, 0.5) is 11.4 Å². The largest absolute Gasteiger partial charge is 0.359 e. The fraction of sp³-hybridized carbons (Fsp3) is 0.294. The molecule has 0 aliphatic heterocycles. The minimum absolute atomic E-state index is 0.566. The number of hydrogen-bond donors (Lipinski definition) is 4. The molecule has 1 aromatic carbocycles. The van der Waals surface area contributed by atoms with Crippen molar-refractivity contribution >= 4 is 46.0 Å². The van der Waals surface area contributed by atoms with Crippen LogP contribution in [0.5, 0.6) is 0 Å². The Morgan fingerprint density at radius 3 is 1.65 bits per heavy atom. The summed E-state index contributed by atoms with van der Waals surface area (Å²) in [5, 5.41) is 13.7. The SMILES string of the molecule is C=C(C)CNC(=S)Nc1cccc(NC(=S)NCC(=C)C)c1C. The van der Waals surface area contributed by atoms with E-state index in [2.05, 4.69) is 34.4 Å². The van der Waals surface area contributed by atoms with E-state index in [4.69, 9.17) is 24.4 Å². The topological polar surface area (TPSA) is 48.1 Å². The molecule has 0 saturated heterocycles. The molecule has 1 aromatic rings. The molecule has 23 heavy (non-hydrogen) atoms. The Kier molecular flexibility index (Phi) is 7.71. The predicted octanol–water partition coefficient (Wildman–Crippen LogP) is 3.72. The van der Waals surface area contributed by atoms with Crippen LogP contribution in [-0.2, 0) is 0 Å². The van der Waals surface area contributed by atoms with Crippen LogP contribution in [-0.4, -0.2) is 23.3 Å². The molecule has 0 aliphatic carbocycles. The average molecular weight is 349 g/mol. The van der Waals surface area contributed by atoms with Gasteiger partial charge in [0.15, 0.2) is 10.2 Å². The third-order valence-corrected chi connectivity index (χ3v) is 3.42. The zero-order chi connectivity index (χ0) is 17.4. The molecular formula is C17H24N4S2. The summed E-state index contributed by atoms with van der Waals surface area (Å²) >= 11 is 10.6. The molecule has 0 saturated carbocycles. The monoisotopic (exact) mass is 348 g/mol. The smallest absolute Gasteiger partial charge is 0.171 e. The summed E-state index contributed by atoms with van der Waals surface area (Å²) in [7, 11) is 0. The quantitative estimate of drug-likeness (QED) is 0.464. The van der Waals surface area contributed by atoms with Gasteiger partial charge in [-0.2, -0.15) is 0 Å². The van der Waals surface area contributed by atoms with Gasteiger partial charge in [0.2, 0.25) is 0 Å². The van der Waals surface area contributed by atoms with Crippen molar-refractivity contribution < 1.29 is 0 Å². The highest BCUT2D eigenvalue weighted by atomic mass is 32.1. The molecule has 6 heteroatoms. The van der Waals surface area contributed by atoms with E-state index < -0.39 is 0 Å². The van der Waals surface area contributed by atoms with Crippen molar-refractivity contribution in [2.45, 2.75) is 20.8 Å². The van der Waals surface area contributed by atoms with Gasteiger partial charge >= 0.3 is 0 Å². The van der Waals surface area contributed by atoms with Crippen LogP contribution in [0.3, 0.4) is 0 Å². The number of hydrogen-bond acceptors (Lipinski definition) is 2. The van der Waals surface area contributed by atoms with Gasteiger partial charge in [-0.3, -0.25) is 0 Å². The summed E-state index contributed by atoms with van der Waals surface area (Å²) in [5.74, 6) is 0. The van der Waals surface area contributed by atoms with Crippen LogP contribution >= 0.6 is 24.4 Å². The van der Waals surface area contributed by atoms with Crippen molar-refractivity contribution in [2.24, 2.45) is 0 Å². The normalized spacial score (nSPS) is 9.70. The average Bonchev–Trinajstić information content (AvgIpc) is 2.47. The Hall–Kier alpha value is -1.92. The molecule has 0 atom stereocenters. The summed E-state index contributed by atoms with van der Waals surface area (Å²) < 4.78 is 0. The lowest BCUT2D eigenvalue weighted by molar-refractivity contribution is 0.998. The van der Waals surface area contributed by atoms with Crippen LogP contribution < -0.4 is 21.3 Å². The Bertz CT molecular complexity index is 573. The van der Waals surface area contributed by atoms with Crippen molar-refractivity contribution in [3.63, 3.8) is 0 Å². The second-order valence-corrected chi connectivity index (χ2v) is 6.32. The Morgan fingerprint density at radius 2 is 1.30 bits per heavy atom. The lowest BCUT2D eigenvalue weighted by Crippen LogP contribution is -2.31. The van der Waals surface area contributed by atoms with Crippen LogP contribution in [0.25, 0.3) is 0 Å². The molecule has 0 aliphatic rings. The minimum Gasteiger partial charge on any atom is -0.359 e. The van der Waals surface area contributed by atoms with E-state index in [-0.39, 0.29) is 0 Å². The highest BCUT2D eigenvalue weighted by Gasteiger charge is 2.07. The van der Waals surface area contributed by atoms with Gasteiger partial charge in [-0.25, -0.2) is 0 Å². The molecule has 0 amide bonds. The fourth-order valence-electron chi connectivity index (χ4n) is 1.70. The maximum atomic E-state index is 5.28. The zero-order valence-corrected chi connectivity index (χ0v) is 15.5. The minimum atomic E-state index is 0.566. The molecule has 4 nitrogen and oxygen atoms in total. The number of anilines is 2. The second kappa shape index (κ2) is 9.27. The van der Waals surface area contributed by atoms with Crippen molar-refractivity contribution in [3.8, 4) is 0 Å². The third kappa shape index (κ3) is 7.25. The highest BCUT2D eigenvalue weighted by molar-refractivity contribution is 7.80. The van der Waals surface area contributed by atoms with Crippen molar-refractivity contribution in [1.29, 1.82) is 0 Å². The molecule has 4 N–H and O–H groups in total. The Labute approximate surface area is 149 Å². The van der Waals surface area contributed by atoms with Gasteiger partial charge in [0, 0.05) is 24.5 Å². The number of nitrogens with one attached hydrogen (secondary N) is 4. The molecular weight excluding hydrogens is 324 g/mol. The first-order chi connectivity index (χ1) is 10.8. The van der Waals surface area contributed by atoms with Crippen molar-refractivity contribution in [3.05, 3.63) is 48.1 Å². The summed E-state index contributed by atoms with van der Waals surface area (Å²) in [6.07, 6.45) is 0. The van der Waals surface area contributed by atoms with Crippen LogP contribution in [0.15, 0.2) is 42.5 Å². The van der Waals surface area contributed by atoms with Crippen LogP contribution in [0.2, 0.25) is 0 Å². The summed E-state index contributed by atoms with van der Waals surface area (Å²) in [5.41, 5.74) is 4.94. The van der Waals surface area contributed by atoms with Gasteiger partial charge in [-0.05, 0) is 62.9 Å². The molecule has 0 spiro atoms.